The van der Waals surface area contributed by atoms with E-state index in [0.29, 0.717) is 18.8 Å². The smallest absolute Gasteiger partial charge is 0.327 e. The number of hydrogen-bond donors (Lipinski definition) is 1. The molecule has 2 heterocycles. The number of anilines is 1. The van der Waals surface area contributed by atoms with Gasteiger partial charge in [-0.15, -0.1) is 0 Å². The lowest BCUT2D eigenvalue weighted by molar-refractivity contribution is -0.144. The number of benzene rings is 1. The van der Waals surface area contributed by atoms with Crippen LogP contribution in [0.2, 0.25) is 0 Å². The van der Waals surface area contributed by atoms with Gasteiger partial charge in [0.2, 0.25) is 0 Å². The number of aliphatic carboxylic acids is 1. The predicted molar refractivity (Wildman–Crippen MR) is 96.2 cm³/mol. The monoisotopic (exact) mass is 392 g/mol. The zero-order valence-electron chi connectivity index (χ0n) is 13.8. The van der Waals surface area contributed by atoms with Gasteiger partial charge < -0.3 is 14.6 Å². The molecule has 1 N–H and O–H groups in total. The van der Waals surface area contributed by atoms with Crippen LogP contribution >= 0.6 is 15.9 Å². The highest BCUT2D eigenvalue weighted by molar-refractivity contribution is 9.10. The lowest BCUT2D eigenvalue weighted by atomic mass is 10.1. The maximum absolute atomic E-state index is 11.9. The average Bonchev–Trinajstić information content (AvgIpc) is 2.84. The first-order valence-electron chi connectivity index (χ1n) is 7.94. The summed E-state index contributed by atoms with van der Waals surface area (Å²) < 4.78 is 2.60. The summed E-state index contributed by atoms with van der Waals surface area (Å²) >= 11 is 3.49. The fourth-order valence-electron chi connectivity index (χ4n) is 3.11. The number of carbonyl (C=O) groups is 1. The molecule has 0 saturated carbocycles. The predicted octanol–water partition coefficient (Wildman–Crippen LogP) is 2.44. The minimum absolute atomic E-state index is 0.579. The third kappa shape index (κ3) is 3.18. The van der Waals surface area contributed by atoms with Gasteiger partial charge in [0.25, 0.3) is 0 Å². The first kappa shape index (κ1) is 17.0. The van der Waals surface area contributed by atoms with Gasteiger partial charge in [0.1, 0.15) is 16.1 Å². The summed E-state index contributed by atoms with van der Waals surface area (Å²) in [5.74, 6) is -0.0620. The molecule has 1 aromatic carbocycles. The first-order chi connectivity index (χ1) is 11.5. The van der Waals surface area contributed by atoms with E-state index in [-0.39, 0.29) is 0 Å². The minimum atomic E-state index is -0.859. The van der Waals surface area contributed by atoms with Crippen LogP contribution in [0.25, 0.3) is 0 Å². The zero-order valence-corrected chi connectivity index (χ0v) is 15.4. The standard InChI is InChI=1S/C17H21BrN4O2/c1-12-19-14(16(18)20(12)2)15(17(23)24)22-10-8-21(9-11-22)13-6-4-3-5-7-13/h3-7,15H,8-11H2,1-2H3,(H,23,24). The highest BCUT2D eigenvalue weighted by Crippen LogP contribution is 2.29. The van der Waals surface area contributed by atoms with Crippen LogP contribution < -0.4 is 4.90 Å². The third-order valence-electron chi connectivity index (χ3n) is 4.57. The number of nitrogens with zero attached hydrogens (tertiary/aromatic N) is 4. The number of aryl methyl sites for hydroxylation is 1. The SMILES string of the molecule is Cc1nc(C(C(=O)O)N2CCN(c3ccccc3)CC2)c(Br)n1C. The second-order valence-electron chi connectivity index (χ2n) is 5.99. The van der Waals surface area contributed by atoms with Gasteiger partial charge in [0.05, 0.1) is 0 Å². The van der Waals surface area contributed by atoms with Gasteiger partial charge in [-0.3, -0.25) is 9.69 Å². The Morgan fingerprint density at radius 1 is 1.21 bits per heavy atom. The Balaban J connectivity index is 1.77. The molecule has 128 valence electrons. The van der Waals surface area contributed by atoms with Crippen molar-refractivity contribution in [2.24, 2.45) is 7.05 Å². The van der Waals surface area contributed by atoms with E-state index in [1.54, 1.807) is 0 Å². The van der Waals surface area contributed by atoms with E-state index in [0.717, 1.165) is 23.5 Å². The molecule has 0 radical (unpaired) electrons. The lowest BCUT2D eigenvalue weighted by Crippen LogP contribution is -2.49. The lowest BCUT2D eigenvalue weighted by Gasteiger charge is -2.38. The van der Waals surface area contributed by atoms with Crippen LogP contribution in [0.15, 0.2) is 34.9 Å². The van der Waals surface area contributed by atoms with E-state index in [1.807, 2.05) is 41.6 Å². The van der Waals surface area contributed by atoms with Crippen LogP contribution in [0.1, 0.15) is 17.6 Å². The normalized spacial score (nSPS) is 17.0. The number of halogens is 1. The van der Waals surface area contributed by atoms with Crippen molar-refractivity contribution < 1.29 is 9.90 Å². The summed E-state index contributed by atoms with van der Waals surface area (Å²) in [5, 5.41) is 9.76. The van der Waals surface area contributed by atoms with Gasteiger partial charge in [-0.05, 0) is 35.0 Å². The van der Waals surface area contributed by atoms with Gasteiger partial charge in [0.15, 0.2) is 6.04 Å². The Morgan fingerprint density at radius 3 is 2.33 bits per heavy atom. The van der Waals surface area contributed by atoms with Crippen molar-refractivity contribution in [2.45, 2.75) is 13.0 Å². The van der Waals surface area contributed by atoms with Crippen LogP contribution in [-0.2, 0) is 11.8 Å². The zero-order chi connectivity index (χ0) is 17.3. The maximum Gasteiger partial charge on any atom is 0.327 e. The Kier molecular flexibility index (Phi) is 4.91. The molecule has 1 fully saturated rings. The van der Waals surface area contributed by atoms with Gasteiger partial charge in [-0.1, -0.05) is 18.2 Å². The van der Waals surface area contributed by atoms with Crippen molar-refractivity contribution in [3.8, 4) is 0 Å². The maximum atomic E-state index is 11.9. The van der Waals surface area contributed by atoms with Gasteiger partial charge in [0, 0.05) is 38.9 Å². The van der Waals surface area contributed by atoms with E-state index in [2.05, 4.69) is 37.9 Å². The van der Waals surface area contributed by atoms with E-state index in [1.165, 1.54) is 5.69 Å². The minimum Gasteiger partial charge on any atom is -0.480 e. The molecule has 0 spiro atoms. The number of hydrogen-bond acceptors (Lipinski definition) is 4. The highest BCUT2D eigenvalue weighted by atomic mass is 79.9. The second-order valence-corrected chi connectivity index (χ2v) is 6.74. The molecule has 1 atom stereocenters. The van der Waals surface area contributed by atoms with E-state index in [4.69, 9.17) is 0 Å². The molecule has 1 saturated heterocycles. The fourth-order valence-corrected chi connectivity index (χ4v) is 3.67. The van der Waals surface area contributed by atoms with E-state index < -0.39 is 12.0 Å². The summed E-state index contributed by atoms with van der Waals surface area (Å²) in [6, 6.07) is 9.50. The average molecular weight is 393 g/mol. The quantitative estimate of drug-likeness (QED) is 0.865. The molecule has 0 bridgehead atoms. The summed E-state index contributed by atoms with van der Waals surface area (Å²) in [6.07, 6.45) is 0. The number of imidazole rings is 1. The fraction of sp³-hybridized carbons (Fsp3) is 0.412. The Labute approximate surface area is 149 Å². The van der Waals surface area contributed by atoms with Crippen LogP contribution in [0.4, 0.5) is 5.69 Å². The Hall–Kier alpha value is -1.86. The third-order valence-corrected chi connectivity index (χ3v) is 5.51. The van der Waals surface area contributed by atoms with Crippen LogP contribution in [0, 0.1) is 6.92 Å². The molecule has 2 aromatic rings. The summed E-state index contributed by atoms with van der Waals surface area (Å²) in [6.45, 7) is 4.86. The van der Waals surface area contributed by atoms with E-state index in [9.17, 15) is 9.90 Å². The number of piperazine rings is 1. The number of carboxylic acids is 1. The molecule has 24 heavy (non-hydrogen) atoms. The summed E-state index contributed by atoms with van der Waals surface area (Å²) in [5.41, 5.74) is 1.76. The molecule has 7 heteroatoms. The number of carboxylic acid groups (broad SMARTS) is 1. The molecule has 1 unspecified atom stereocenters. The van der Waals surface area contributed by atoms with Crippen LogP contribution in [0.5, 0.6) is 0 Å². The number of aromatic nitrogens is 2. The Bertz CT molecular complexity index is 724. The molecule has 0 amide bonds. The van der Waals surface area contributed by atoms with E-state index >= 15 is 0 Å². The summed E-state index contributed by atoms with van der Waals surface area (Å²) in [4.78, 5) is 20.6. The molecule has 1 aliphatic heterocycles. The highest BCUT2D eigenvalue weighted by Gasteiger charge is 2.34. The molecule has 1 aromatic heterocycles. The van der Waals surface area contributed by atoms with Crippen molar-refractivity contribution >= 4 is 27.6 Å². The molecule has 6 nitrogen and oxygen atoms in total. The first-order valence-corrected chi connectivity index (χ1v) is 8.74. The van der Waals surface area contributed by atoms with Gasteiger partial charge in [-0.2, -0.15) is 0 Å². The van der Waals surface area contributed by atoms with Crippen molar-refractivity contribution in [3.05, 3.63) is 46.5 Å². The molecule has 0 aliphatic carbocycles. The molecular formula is C17H21BrN4O2. The van der Waals surface area contributed by atoms with Crippen molar-refractivity contribution in [3.63, 3.8) is 0 Å². The topological polar surface area (TPSA) is 61.6 Å². The van der Waals surface area contributed by atoms with Gasteiger partial charge in [-0.25, -0.2) is 4.98 Å². The van der Waals surface area contributed by atoms with Crippen LogP contribution in [-0.4, -0.2) is 51.7 Å². The largest absolute Gasteiger partial charge is 0.480 e. The number of rotatable bonds is 4. The summed E-state index contributed by atoms with van der Waals surface area (Å²) in [7, 11) is 1.88. The Morgan fingerprint density at radius 2 is 1.83 bits per heavy atom. The number of para-hydroxylation sites is 1. The second kappa shape index (κ2) is 6.94. The van der Waals surface area contributed by atoms with Crippen LogP contribution in [0.3, 0.4) is 0 Å². The molecule has 1 aliphatic rings. The van der Waals surface area contributed by atoms with Gasteiger partial charge >= 0.3 is 5.97 Å². The van der Waals surface area contributed by atoms with Crippen molar-refractivity contribution in [1.29, 1.82) is 0 Å². The molecule has 3 rings (SSSR count). The molecular weight excluding hydrogens is 372 g/mol. The van der Waals surface area contributed by atoms with Crippen molar-refractivity contribution in [1.82, 2.24) is 14.5 Å². The van der Waals surface area contributed by atoms with Crippen molar-refractivity contribution in [2.75, 3.05) is 31.1 Å².